The number of hydrogen-bond acceptors (Lipinski definition) is 8. The molecule has 0 saturated heterocycles. The van der Waals surface area contributed by atoms with Gasteiger partial charge in [-0.3, -0.25) is 19.2 Å². The monoisotopic (exact) mass is 410 g/mol. The lowest BCUT2D eigenvalue weighted by Crippen LogP contribution is -2.27. The van der Waals surface area contributed by atoms with Crippen LogP contribution in [-0.4, -0.2) is 58.1 Å². The van der Waals surface area contributed by atoms with E-state index < -0.39 is 0 Å². The Morgan fingerprint density at radius 3 is 1.46 bits per heavy atom. The Morgan fingerprint density at radius 2 is 1.12 bits per heavy atom. The van der Waals surface area contributed by atoms with E-state index in [2.05, 4.69) is 10.6 Å². The summed E-state index contributed by atoms with van der Waals surface area (Å²) in [4.78, 5) is 44.0. The third-order valence-electron chi connectivity index (χ3n) is 2.15. The minimum atomic E-state index is -0.132. The summed E-state index contributed by atoms with van der Waals surface area (Å²) in [5.74, 6) is 1.59. The van der Waals surface area contributed by atoms with Crippen molar-refractivity contribution in [1.29, 1.82) is 0 Å². The van der Waals surface area contributed by atoms with Crippen molar-refractivity contribution in [3.05, 3.63) is 10.8 Å². The molecule has 0 aliphatic rings. The first-order chi connectivity index (χ1) is 11.4. The number of carbonyl (C=O) groups is 4. The lowest BCUT2D eigenvalue weighted by atomic mass is 10.6. The second kappa shape index (κ2) is 15.9. The summed E-state index contributed by atoms with van der Waals surface area (Å²) in [6.07, 6.45) is 0. The minimum absolute atomic E-state index is 0.0618. The van der Waals surface area contributed by atoms with E-state index in [4.69, 9.17) is 0 Å². The van der Waals surface area contributed by atoms with Crippen LogP contribution in [0, 0.1) is 0 Å². The lowest BCUT2D eigenvalue weighted by molar-refractivity contribution is -0.119. The molecule has 0 aliphatic heterocycles. The molecule has 0 aliphatic carbocycles. The zero-order valence-electron chi connectivity index (χ0n) is 13.7. The zero-order chi connectivity index (χ0) is 18.2. The molecule has 6 nitrogen and oxygen atoms in total. The molecule has 2 N–H and O–H groups in total. The molecule has 0 atom stereocenters. The van der Waals surface area contributed by atoms with Gasteiger partial charge >= 0.3 is 0 Å². The predicted octanol–water partition coefficient (Wildman–Crippen LogP) is 1.72. The molecule has 10 heteroatoms. The summed E-state index contributed by atoms with van der Waals surface area (Å²) < 4.78 is 0. The van der Waals surface area contributed by atoms with Crippen LogP contribution in [0.15, 0.2) is 10.8 Å². The van der Waals surface area contributed by atoms with Crippen LogP contribution < -0.4 is 10.6 Å². The fourth-order valence-electron chi connectivity index (χ4n) is 1.15. The summed E-state index contributed by atoms with van der Waals surface area (Å²) in [6, 6.07) is 0. The van der Waals surface area contributed by atoms with Crippen LogP contribution in [-0.2, 0) is 19.2 Å². The molecule has 0 radical (unpaired) electrons. The van der Waals surface area contributed by atoms with Gasteiger partial charge in [-0.25, -0.2) is 0 Å². The number of hydrogen-bond donors (Lipinski definition) is 2. The molecule has 2 amide bonds. The maximum Gasteiger partial charge on any atom is 0.230 e. The van der Waals surface area contributed by atoms with Crippen LogP contribution in [0.5, 0.6) is 0 Å². The molecule has 136 valence electrons. The van der Waals surface area contributed by atoms with Crippen molar-refractivity contribution < 1.29 is 19.2 Å². The van der Waals surface area contributed by atoms with E-state index in [0.717, 1.165) is 35.0 Å². The van der Waals surface area contributed by atoms with E-state index in [9.17, 15) is 19.2 Å². The lowest BCUT2D eigenvalue weighted by Gasteiger charge is -2.03. The highest BCUT2D eigenvalue weighted by Gasteiger charge is 2.03. The Balaban J connectivity index is 3.41. The average molecular weight is 411 g/mol. The summed E-state index contributed by atoms with van der Waals surface area (Å²) in [7, 11) is 0. The second-order valence-corrected chi connectivity index (χ2v) is 8.61. The normalized spacial score (nSPS) is 10.6. The van der Waals surface area contributed by atoms with Gasteiger partial charge in [-0.15, -0.1) is 23.5 Å². The molecule has 0 aromatic carbocycles. The second-order valence-electron chi connectivity index (χ2n) is 4.27. The predicted molar refractivity (Wildman–Crippen MR) is 106 cm³/mol. The van der Waals surface area contributed by atoms with E-state index in [-0.39, 0.29) is 33.6 Å². The molecule has 0 unspecified atom stereocenters. The Bertz CT molecular complexity index is 418. The first kappa shape index (κ1) is 23.4. The number of nitrogens with one attached hydrogen (secondary N) is 2. The number of carbonyl (C=O) groups excluding carboxylic acids is 4. The molecule has 24 heavy (non-hydrogen) atoms. The van der Waals surface area contributed by atoms with Crippen LogP contribution in [0.25, 0.3) is 0 Å². The number of amides is 2. The van der Waals surface area contributed by atoms with Crippen molar-refractivity contribution in [1.82, 2.24) is 10.6 Å². The van der Waals surface area contributed by atoms with Gasteiger partial charge in [0.25, 0.3) is 0 Å². The fraction of sp³-hybridized carbons (Fsp3) is 0.571. The summed E-state index contributed by atoms with van der Waals surface area (Å²) in [5, 5.41) is 9.22. The molecule has 0 spiro atoms. The fourth-order valence-corrected chi connectivity index (χ4v) is 3.36. The van der Waals surface area contributed by atoms with E-state index >= 15 is 0 Å². The summed E-state index contributed by atoms with van der Waals surface area (Å²) >= 11 is 5.16. The van der Waals surface area contributed by atoms with Gasteiger partial charge in [-0.05, 0) is 10.8 Å². The summed E-state index contributed by atoms with van der Waals surface area (Å²) in [5.41, 5.74) is 0. The van der Waals surface area contributed by atoms with Crippen molar-refractivity contribution in [2.24, 2.45) is 0 Å². The van der Waals surface area contributed by atoms with E-state index in [1.165, 1.54) is 13.8 Å². The van der Waals surface area contributed by atoms with Gasteiger partial charge in [-0.1, -0.05) is 23.5 Å². The third-order valence-corrected chi connectivity index (χ3v) is 5.48. The van der Waals surface area contributed by atoms with Crippen molar-refractivity contribution in [3.63, 3.8) is 0 Å². The Hall–Kier alpha value is -0.580. The molecule has 0 rings (SSSR count). The maximum atomic E-state index is 11.3. The topological polar surface area (TPSA) is 92.3 Å². The molecule has 0 aromatic rings. The molecular weight excluding hydrogens is 388 g/mol. The highest BCUT2D eigenvalue weighted by atomic mass is 32.2. The number of thioether (sulfide) groups is 4. The van der Waals surface area contributed by atoms with E-state index in [0.29, 0.717) is 13.1 Å². The molecule has 0 heterocycles. The molecule has 0 bridgehead atoms. The van der Waals surface area contributed by atoms with Crippen LogP contribution in [0.1, 0.15) is 13.8 Å². The molecule has 0 aromatic heterocycles. The Kier molecular flexibility index (Phi) is 15.5. The van der Waals surface area contributed by atoms with E-state index in [1.807, 2.05) is 10.8 Å². The van der Waals surface area contributed by atoms with Gasteiger partial charge in [0.1, 0.15) is 0 Å². The first-order valence-electron chi connectivity index (χ1n) is 7.10. The van der Waals surface area contributed by atoms with Crippen molar-refractivity contribution in [3.8, 4) is 0 Å². The largest absolute Gasteiger partial charge is 0.355 e. The Labute approximate surface area is 159 Å². The van der Waals surface area contributed by atoms with Crippen LogP contribution in [0.3, 0.4) is 0 Å². The molecule has 0 fully saturated rings. The van der Waals surface area contributed by atoms with Crippen LogP contribution in [0.2, 0.25) is 0 Å². The highest BCUT2D eigenvalue weighted by Crippen LogP contribution is 2.08. The zero-order valence-corrected chi connectivity index (χ0v) is 16.9. The van der Waals surface area contributed by atoms with Gasteiger partial charge in [0.15, 0.2) is 10.2 Å². The summed E-state index contributed by atoms with van der Waals surface area (Å²) in [6.45, 7) is 3.99. The molecular formula is C14H22N2O4S4. The first-order valence-corrected chi connectivity index (χ1v) is 11.2. The maximum absolute atomic E-state index is 11.3. The van der Waals surface area contributed by atoms with Gasteiger partial charge in [0.2, 0.25) is 11.8 Å². The van der Waals surface area contributed by atoms with Gasteiger partial charge < -0.3 is 10.6 Å². The van der Waals surface area contributed by atoms with Crippen molar-refractivity contribution >= 4 is 69.1 Å². The molecule has 0 saturated carbocycles. The smallest absolute Gasteiger partial charge is 0.230 e. The minimum Gasteiger partial charge on any atom is -0.355 e. The van der Waals surface area contributed by atoms with E-state index in [1.54, 1.807) is 23.5 Å². The van der Waals surface area contributed by atoms with Gasteiger partial charge in [0.05, 0.1) is 11.5 Å². The highest BCUT2D eigenvalue weighted by molar-refractivity contribution is 8.14. The number of rotatable bonds is 12. The third kappa shape index (κ3) is 17.8. The Morgan fingerprint density at radius 1 is 0.750 bits per heavy atom. The van der Waals surface area contributed by atoms with Gasteiger partial charge in [0, 0.05) is 38.4 Å². The standard InChI is InChI=1S/C14H22N2O4S4/c1-11(17)23-9-13(19)15-3-5-21-7-8-22-6-4-16-14(20)10-24-12(2)18/h7-8H,3-6,9-10H2,1-2H3,(H,15,19)(H,16,20)/b8-7-. The van der Waals surface area contributed by atoms with Crippen LogP contribution in [0.4, 0.5) is 0 Å². The SMILES string of the molecule is CC(=O)SCC(=O)NCCS/C=C\SCCNC(=O)CSC(C)=O. The quantitative estimate of drug-likeness (QED) is 0.470. The van der Waals surface area contributed by atoms with Gasteiger partial charge in [-0.2, -0.15) is 0 Å². The van der Waals surface area contributed by atoms with Crippen LogP contribution >= 0.6 is 47.0 Å². The average Bonchev–Trinajstić information content (AvgIpc) is 2.52. The van der Waals surface area contributed by atoms with Crippen molar-refractivity contribution in [2.75, 3.05) is 36.1 Å². The van der Waals surface area contributed by atoms with Crippen molar-refractivity contribution in [2.45, 2.75) is 13.8 Å².